The summed E-state index contributed by atoms with van der Waals surface area (Å²) < 4.78 is 0. The van der Waals surface area contributed by atoms with Crippen LogP contribution < -0.4 is 11.3 Å². The number of rotatable bonds is 4. The first-order valence-corrected chi connectivity index (χ1v) is 4.09. The van der Waals surface area contributed by atoms with Crippen LogP contribution >= 0.6 is 0 Å². The van der Waals surface area contributed by atoms with Crippen molar-refractivity contribution in [3.05, 3.63) is 12.4 Å². The van der Waals surface area contributed by atoms with Crippen LogP contribution in [0.4, 0.5) is 0 Å². The summed E-state index contributed by atoms with van der Waals surface area (Å²) in [5, 5.41) is 3.45. The Hall–Kier alpha value is -0.740. The van der Waals surface area contributed by atoms with Crippen LogP contribution in [-0.2, 0) is 0 Å². The Labute approximate surface area is 67.6 Å². The zero-order valence-corrected chi connectivity index (χ0v) is 6.95. The minimum atomic E-state index is 0.994. The van der Waals surface area contributed by atoms with Gasteiger partial charge in [0, 0.05) is 18.9 Å². The van der Waals surface area contributed by atoms with Crippen molar-refractivity contribution in [1.29, 1.82) is 0 Å². The predicted molar refractivity (Wildman–Crippen MR) is 44.5 cm³/mol. The molecule has 4 heteroatoms. The maximum Gasteiger partial charge on any atom is 0.0372 e. The van der Waals surface area contributed by atoms with Crippen LogP contribution in [0.15, 0.2) is 12.4 Å². The van der Waals surface area contributed by atoms with Crippen LogP contribution in [0.1, 0.15) is 26.2 Å². The first-order chi connectivity index (χ1) is 5.34. The van der Waals surface area contributed by atoms with Crippen LogP contribution in [0.5, 0.6) is 0 Å². The summed E-state index contributed by atoms with van der Waals surface area (Å²) in [7, 11) is 0. The highest BCUT2D eigenvalue weighted by Crippen LogP contribution is 2.02. The molecule has 0 saturated carbocycles. The van der Waals surface area contributed by atoms with E-state index < -0.39 is 0 Å². The van der Waals surface area contributed by atoms with Crippen molar-refractivity contribution in [3.63, 3.8) is 0 Å². The first-order valence-electron chi connectivity index (χ1n) is 4.09. The summed E-state index contributed by atoms with van der Waals surface area (Å²) >= 11 is 0. The normalized spacial score (nSPS) is 17.5. The Morgan fingerprint density at radius 2 is 2.27 bits per heavy atom. The second-order valence-electron chi connectivity index (χ2n) is 2.66. The average Bonchev–Trinajstić information content (AvgIpc) is 2.37. The van der Waals surface area contributed by atoms with Crippen LogP contribution in [0, 0.1) is 0 Å². The number of unbranched alkanes of at least 4 members (excludes halogenated alkanes) is 2. The van der Waals surface area contributed by atoms with Crippen molar-refractivity contribution in [2.24, 2.45) is 5.84 Å². The van der Waals surface area contributed by atoms with Gasteiger partial charge in [-0.2, -0.15) is 0 Å². The summed E-state index contributed by atoms with van der Waals surface area (Å²) in [5.74, 6) is 5.55. The molecule has 0 aromatic rings. The molecule has 1 aliphatic heterocycles. The molecule has 1 heterocycles. The standard InChI is InChI=1S/C7H16N4/c1-2-3-4-6-10-7-5-9-11(10)8/h5,7,9H,2-4,6,8H2,1H3. The number of hydrazine groups is 3. The van der Waals surface area contributed by atoms with Crippen molar-refractivity contribution in [3.8, 4) is 0 Å². The minimum Gasteiger partial charge on any atom is -0.293 e. The molecule has 0 atom stereocenters. The predicted octanol–water partition coefficient (Wildman–Crippen LogP) is 0.559. The van der Waals surface area contributed by atoms with Gasteiger partial charge < -0.3 is 0 Å². The van der Waals surface area contributed by atoms with Gasteiger partial charge >= 0.3 is 0 Å². The molecule has 0 aliphatic carbocycles. The van der Waals surface area contributed by atoms with E-state index in [1.807, 2.05) is 17.4 Å². The lowest BCUT2D eigenvalue weighted by Gasteiger charge is -2.23. The van der Waals surface area contributed by atoms with Crippen molar-refractivity contribution < 1.29 is 0 Å². The molecule has 11 heavy (non-hydrogen) atoms. The molecule has 0 saturated heterocycles. The molecule has 0 spiro atoms. The van der Waals surface area contributed by atoms with Gasteiger partial charge in [-0.3, -0.25) is 10.4 Å². The highest BCUT2D eigenvalue weighted by molar-refractivity contribution is 4.82. The van der Waals surface area contributed by atoms with Gasteiger partial charge in [-0.1, -0.05) is 25.0 Å². The Morgan fingerprint density at radius 1 is 1.45 bits per heavy atom. The summed E-state index contributed by atoms with van der Waals surface area (Å²) in [6.45, 7) is 3.19. The summed E-state index contributed by atoms with van der Waals surface area (Å²) in [5.41, 5.74) is 2.85. The third-order valence-corrected chi connectivity index (χ3v) is 1.72. The number of hydrogen-bond donors (Lipinski definition) is 2. The lowest BCUT2D eigenvalue weighted by molar-refractivity contribution is 0.00484. The number of nitrogens with two attached hydrogens (primary N) is 1. The van der Waals surface area contributed by atoms with E-state index in [9.17, 15) is 0 Å². The Balaban J connectivity index is 2.10. The fourth-order valence-corrected chi connectivity index (χ4v) is 1.05. The Bertz CT molecular complexity index is 134. The van der Waals surface area contributed by atoms with Crippen LogP contribution in [0.3, 0.4) is 0 Å². The molecule has 0 aromatic carbocycles. The van der Waals surface area contributed by atoms with Crippen LogP contribution in [0.25, 0.3) is 0 Å². The van der Waals surface area contributed by atoms with E-state index in [0.29, 0.717) is 0 Å². The highest BCUT2D eigenvalue weighted by Gasteiger charge is 2.09. The van der Waals surface area contributed by atoms with Gasteiger partial charge in [0.15, 0.2) is 0 Å². The lowest BCUT2D eigenvalue weighted by Crippen LogP contribution is -2.47. The molecular weight excluding hydrogens is 140 g/mol. The molecule has 4 nitrogen and oxygen atoms in total. The maximum absolute atomic E-state index is 5.55. The van der Waals surface area contributed by atoms with Gasteiger partial charge in [0.2, 0.25) is 0 Å². The summed E-state index contributed by atoms with van der Waals surface area (Å²) in [6, 6.07) is 0. The third-order valence-electron chi connectivity index (χ3n) is 1.72. The van der Waals surface area contributed by atoms with Gasteiger partial charge in [0.25, 0.3) is 0 Å². The molecule has 1 aliphatic rings. The molecule has 1 rings (SSSR count). The summed E-state index contributed by atoms with van der Waals surface area (Å²) in [6.07, 6.45) is 7.46. The average molecular weight is 156 g/mol. The minimum absolute atomic E-state index is 0.994. The van der Waals surface area contributed by atoms with Crippen molar-refractivity contribution in [2.75, 3.05) is 6.54 Å². The molecule has 64 valence electrons. The van der Waals surface area contributed by atoms with E-state index in [0.717, 1.165) is 6.54 Å². The van der Waals surface area contributed by atoms with E-state index in [1.54, 1.807) is 0 Å². The number of hydrogen-bond acceptors (Lipinski definition) is 4. The molecule has 3 N–H and O–H groups in total. The molecule has 0 unspecified atom stereocenters. The van der Waals surface area contributed by atoms with E-state index in [4.69, 9.17) is 5.84 Å². The molecule has 0 amide bonds. The second kappa shape index (κ2) is 4.20. The fourth-order valence-electron chi connectivity index (χ4n) is 1.05. The Kier molecular flexibility index (Phi) is 3.19. The SMILES string of the molecule is CCCCCN1C=CNN1N. The van der Waals surface area contributed by atoms with E-state index in [-0.39, 0.29) is 0 Å². The van der Waals surface area contributed by atoms with Gasteiger partial charge in [0.1, 0.15) is 0 Å². The van der Waals surface area contributed by atoms with E-state index in [2.05, 4.69) is 12.3 Å². The highest BCUT2D eigenvalue weighted by atomic mass is 15.9. The molecule has 0 radical (unpaired) electrons. The van der Waals surface area contributed by atoms with E-state index >= 15 is 0 Å². The van der Waals surface area contributed by atoms with Crippen molar-refractivity contribution in [2.45, 2.75) is 26.2 Å². The van der Waals surface area contributed by atoms with Crippen molar-refractivity contribution in [1.82, 2.24) is 15.7 Å². The zero-order chi connectivity index (χ0) is 8.10. The Morgan fingerprint density at radius 3 is 2.82 bits per heavy atom. The smallest absolute Gasteiger partial charge is 0.0372 e. The van der Waals surface area contributed by atoms with Crippen LogP contribution in [0.2, 0.25) is 0 Å². The van der Waals surface area contributed by atoms with Gasteiger partial charge in [-0.15, -0.1) is 0 Å². The molecule has 0 fully saturated rings. The van der Waals surface area contributed by atoms with Crippen molar-refractivity contribution >= 4 is 0 Å². The second-order valence-corrected chi connectivity index (χ2v) is 2.66. The zero-order valence-electron chi connectivity index (χ0n) is 6.95. The topological polar surface area (TPSA) is 44.5 Å². The quantitative estimate of drug-likeness (QED) is 0.461. The van der Waals surface area contributed by atoms with Gasteiger partial charge in [-0.25, -0.2) is 5.84 Å². The largest absolute Gasteiger partial charge is 0.293 e. The van der Waals surface area contributed by atoms with E-state index in [1.165, 1.54) is 24.5 Å². The van der Waals surface area contributed by atoms with Gasteiger partial charge in [0.05, 0.1) is 0 Å². The molecular formula is C7H16N4. The fraction of sp³-hybridized carbons (Fsp3) is 0.714. The maximum atomic E-state index is 5.55. The third kappa shape index (κ3) is 2.40. The summed E-state index contributed by atoms with van der Waals surface area (Å²) in [4.78, 5) is 0. The number of nitrogens with zero attached hydrogens (tertiary/aromatic N) is 2. The van der Waals surface area contributed by atoms with Crippen LogP contribution in [-0.4, -0.2) is 16.8 Å². The van der Waals surface area contributed by atoms with Gasteiger partial charge in [-0.05, 0) is 6.42 Å². The molecule has 0 bridgehead atoms. The first kappa shape index (κ1) is 8.36. The molecule has 0 aromatic heterocycles. The number of nitrogens with one attached hydrogen (secondary N) is 1. The monoisotopic (exact) mass is 156 g/mol. The lowest BCUT2D eigenvalue weighted by atomic mass is 10.2.